The molecule has 1 aliphatic rings. The maximum atomic E-state index is 10.7. The van der Waals surface area contributed by atoms with Gasteiger partial charge in [-0.05, 0) is 24.5 Å². The lowest BCUT2D eigenvalue weighted by atomic mass is 9.95. The van der Waals surface area contributed by atoms with E-state index in [1.165, 1.54) is 6.07 Å². The average Bonchev–Trinajstić information content (AvgIpc) is 2.38. The van der Waals surface area contributed by atoms with Crippen molar-refractivity contribution < 1.29 is 9.66 Å². The average molecular weight is 265 g/mol. The Morgan fingerprint density at radius 1 is 1.53 bits per heavy atom. The molecule has 0 radical (unpaired) electrons. The number of benzene rings is 1. The molecule has 104 valence electrons. The third kappa shape index (κ3) is 2.78. The van der Waals surface area contributed by atoms with Crippen molar-refractivity contribution in [3.63, 3.8) is 0 Å². The molecule has 0 saturated carbocycles. The van der Waals surface area contributed by atoms with Crippen molar-refractivity contribution >= 4 is 17.1 Å². The molecule has 2 unspecified atom stereocenters. The molecule has 1 aromatic carbocycles. The van der Waals surface area contributed by atoms with E-state index in [0.717, 1.165) is 25.2 Å². The molecule has 1 saturated heterocycles. The number of hydrogen-bond donors (Lipinski definition) is 1. The van der Waals surface area contributed by atoms with Gasteiger partial charge in [-0.2, -0.15) is 0 Å². The van der Waals surface area contributed by atoms with Crippen LogP contribution in [0.5, 0.6) is 0 Å². The summed E-state index contributed by atoms with van der Waals surface area (Å²) in [6, 6.07) is 4.88. The topological polar surface area (TPSA) is 81.6 Å². The number of ether oxygens (including phenoxy) is 1. The van der Waals surface area contributed by atoms with Crippen molar-refractivity contribution in [3.05, 3.63) is 28.3 Å². The molecule has 0 aromatic heterocycles. The number of nitrogen functional groups attached to an aromatic ring is 1. The Bertz CT molecular complexity index is 478. The molecule has 6 nitrogen and oxygen atoms in total. The van der Waals surface area contributed by atoms with E-state index in [0.29, 0.717) is 5.92 Å². The van der Waals surface area contributed by atoms with Crippen LogP contribution in [0.25, 0.3) is 0 Å². The van der Waals surface area contributed by atoms with E-state index in [4.69, 9.17) is 10.5 Å². The standard InChI is InChI=1S/C13H19N3O3/c1-9-5-6-15(8-13(9)19-2)10-3-4-12(16(17)18)11(14)7-10/h3-4,7,9,13H,5-6,8,14H2,1-2H3. The van der Waals surface area contributed by atoms with Crippen LogP contribution >= 0.6 is 0 Å². The number of nitrogens with zero attached hydrogens (tertiary/aromatic N) is 2. The molecule has 1 aromatic rings. The minimum absolute atomic E-state index is 0.0441. The van der Waals surface area contributed by atoms with E-state index in [2.05, 4.69) is 11.8 Å². The molecule has 0 bridgehead atoms. The van der Waals surface area contributed by atoms with E-state index in [1.54, 1.807) is 19.2 Å². The summed E-state index contributed by atoms with van der Waals surface area (Å²) in [6.45, 7) is 3.88. The van der Waals surface area contributed by atoms with E-state index in [1.807, 2.05) is 0 Å². The number of hydrogen-bond acceptors (Lipinski definition) is 5. The number of nitro groups is 1. The van der Waals surface area contributed by atoms with Crippen molar-refractivity contribution in [2.24, 2.45) is 5.92 Å². The second kappa shape index (κ2) is 5.44. The summed E-state index contributed by atoms with van der Waals surface area (Å²) in [4.78, 5) is 12.4. The largest absolute Gasteiger partial charge is 0.393 e. The highest BCUT2D eigenvalue weighted by Gasteiger charge is 2.26. The third-order valence-corrected chi connectivity index (χ3v) is 3.77. The minimum Gasteiger partial charge on any atom is -0.393 e. The lowest BCUT2D eigenvalue weighted by Gasteiger charge is -2.37. The maximum absolute atomic E-state index is 10.7. The van der Waals surface area contributed by atoms with Gasteiger partial charge in [-0.25, -0.2) is 0 Å². The van der Waals surface area contributed by atoms with Crippen LogP contribution in [0, 0.1) is 16.0 Å². The fourth-order valence-electron chi connectivity index (χ4n) is 2.48. The van der Waals surface area contributed by atoms with Crippen LogP contribution in [0.15, 0.2) is 18.2 Å². The van der Waals surface area contributed by atoms with Crippen LogP contribution < -0.4 is 10.6 Å². The Labute approximate surface area is 112 Å². The summed E-state index contributed by atoms with van der Waals surface area (Å²) in [5.41, 5.74) is 6.80. The number of rotatable bonds is 3. The molecular formula is C13H19N3O3. The molecule has 6 heteroatoms. The zero-order chi connectivity index (χ0) is 14.0. The molecule has 19 heavy (non-hydrogen) atoms. The fourth-order valence-corrected chi connectivity index (χ4v) is 2.48. The Kier molecular flexibility index (Phi) is 3.90. The Morgan fingerprint density at radius 3 is 2.84 bits per heavy atom. The highest BCUT2D eigenvalue weighted by Crippen LogP contribution is 2.30. The lowest BCUT2D eigenvalue weighted by molar-refractivity contribution is -0.383. The van der Waals surface area contributed by atoms with Gasteiger partial charge < -0.3 is 15.4 Å². The molecule has 0 amide bonds. The summed E-state index contributed by atoms with van der Waals surface area (Å²) in [5.74, 6) is 0.525. The number of piperidine rings is 1. The first-order valence-electron chi connectivity index (χ1n) is 6.34. The lowest BCUT2D eigenvalue weighted by Crippen LogP contribution is -2.43. The van der Waals surface area contributed by atoms with Gasteiger partial charge >= 0.3 is 0 Å². The molecular weight excluding hydrogens is 246 g/mol. The first kappa shape index (κ1) is 13.6. The third-order valence-electron chi connectivity index (χ3n) is 3.77. The quantitative estimate of drug-likeness (QED) is 0.514. The molecule has 0 spiro atoms. The van der Waals surface area contributed by atoms with Gasteiger partial charge in [-0.3, -0.25) is 10.1 Å². The molecule has 1 fully saturated rings. The van der Waals surface area contributed by atoms with Crippen LogP contribution in [-0.4, -0.2) is 31.2 Å². The van der Waals surface area contributed by atoms with Crippen LogP contribution in [-0.2, 0) is 4.74 Å². The maximum Gasteiger partial charge on any atom is 0.292 e. The molecule has 2 N–H and O–H groups in total. The molecule has 2 rings (SSSR count). The van der Waals surface area contributed by atoms with Gasteiger partial charge in [-0.15, -0.1) is 0 Å². The molecule has 1 heterocycles. The molecule has 1 aliphatic heterocycles. The van der Waals surface area contributed by atoms with Crippen molar-refractivity contribution in [2.75, 3.05) is 30.8 Å². The Balaban J connectivity index is 2.18. The summed E-state index contributed by atoms with van der Waals surface area (Å²) < 4.78 is 5.47. The van der Waals surface area contributed by atoms with Gasteiger partial charge in [0.2, 0.25) is 0 Å². The number of anilines is 2. The predicted octanol–water partition coefficient (Wildman–Crippen LogP) is 2.04. The summed E-state index contributed by atoms with van der Waals surface area (Å²) in [6.07, 6.45) is 1.22. The van der Waals surface area contributed by atoms with E-state index in [-0.39, 0.29) is 17.5 Å². The van der Waals surface area contributed by atoms with Crippen molar-refractivity contribution in [2.45, 2.75) is 19.4 Å². The van der Waals surface area contributed by atoms with E-state index >= 15 is 0 Å². The SMILES string of the molecule is COC1CN(c2ccc([N+](=O)[O-])c(N)c2)CCC1C. The highest BCUT2D eigenvalue weighted by atomic mass is 16.6. The summed E-state index contributed by atoms with van der Waals surface area (Å²) >= 11 is 0. The number of nitro benzene ring substituents is 1. The first-order chi connectivity index (χ1) is 9.02. The predicted molar refractivity (Wildman–Crippen MR) is 74.3 cm³/mol. The second-order valence-electron chi connectivity index (χ2n) is 4.99. The minimum atomic E-state index is -0.463. The van der Waals surface area contributed by atoms with Gasteiger partial charge in [0.05, 0.1) is 11.0 Å². The highest BCUT2D eigenvalue weighted by molar-refractivity contribution is 5.66. The van der Waals surface area contributed by atoms with Gasteiger partial charge in [0.25, 0.3) is 5.69 Å². The zero-order valence-corrected chi connectivity index (χ0v) is 11.2. The Hall–Kier alpha value is -1.82. The van der Waals surface area contributed by atoms with Gasteiger partial charge in [-0.1, -0.05) is 6.92 Å². The van der Waals surface area contributed by atoms with E-state index in [9.17, 15) is 10.1 Å². The second-order valence-corrected chi connectivity index (χ2v) is 4.99. The van der Waals surface area contributed by atoms with Crippen LogP contribution in [0.2, 0.25) is 0 Å². The van der Waals surface area contributed by atoms with Crippen LogP contribution in [0.1, 0.15) is 13.3 Å². The molecule has 2 atom stereocenters. The monoisotopic (exact) mass is 265 g/mol. The number of methoxy groups -OCH3 is 1. The fraction of sp³-hybridized carbons (Fsp3) is 0.538. The normalized spacial score (nSPS) is 23.4. The van der Waals surface area contributed by atoms with Crippen molar-refractivity contribution in [3.8, 4) is 0 Å². The van der Waals surface area contributed by atoms with E-state index < -0.39 is 4.92 Å². The smallest absolute Gasteiger partial charge is 0.292 e. The van der Waals surface area contributed by atoms with Crippen molar-refractivity contribution in [1.29, 1.82) is 0 Å². The van der Waals surface area contributed by atoms with Crippen LogP contribution in [0.4, 0.5) is 17.1 Å². The van der Waals surface area contributed by atoms with Gasteiger partial charge in [0, 0.05) is 32.0 Å². The van der Waals surface area contributed by atoms with Gasteiger partial charge in [0.15, 0.2) is 0 Å². The Morgan fingerprint density at radius 2 is 2.26 bits per heavy atom. The van der Waals surface area contributed by atoms with Crippen molar-refractivity contribution in [1.82, 2.24) is 0 Å². The van der Waals surface area contributed by atoms with Crippen LogP contribution in [0.3, 0.4) is 0 Å². The molecule has 0 aliphatic carbocycles. The zero-order valence-electron chi connectivity index (χ0n) is 11.2. The first-order valence-corrected chi connectivity index (χ1v) is 6.34. The summed E-state index contributed by atoms with van der Waals surface area (Å²) in [7, 11) is 1.72. The van der Waals surface area contributed by atoms with Gasteiger partial charge in [0.1, 0.15) is 5.69 Å². The number of nitrogens with two attached hydrogens (primary N) is 1. The summed E-state index contributed by atoms with van der Waals surface area (Å²) in [5, 5.41) is 10.7.